The lowest BCUT2D eigenvalue weighted by Gasteiger charge is -2.29. The summed E-state index contributed by atoms with van der Waals surface area (Å²) in [5, 5.41) is 8.56. The van der Waals surface area contributed by atoms with Crippen molar-refractivity contribution in [1.82, 2.24) is 15.1 Å². The fraction of sp³-hybridized carbons (Fsp3) is 0.526. The van der Waals surface area contributed by atoms with Gasteiger partial charge in [0.2, 0.25) is 0 Å². The van der Waals surface area contributed by atoms with Gasteiger partial charge >= 0.3 is 0 Å². The highest BCUT2D eigenvalue weighted by Gasteiger charge is 2.42. The average molecular weight is 342 g/mol. The minimum atomic E-state index is -0.432. The summed E-state index contributed by atoms with van der Waals surface area (Å²) >= 11 is 0. The van der Waals surface area contributed by atoms with E-state index in [1.54, 1.807) is 18.2 Å². The van der Waals surface area contributed by atoms with Gasteiger partial charge in [-0.15, -0.1) is 0 Å². The van der Waals surface area contributed by atoms with E-state index in [1.165, 1.54) is 4.68 Å². The summed E-state index contributed by atoms with van der Waals surface area (Å²) in [7, 11) is 0. The van der Waals surface area contributed by atoms with Gasteiger partial charge in [0, 0.05) is 18.5 Å². The minimum absolute atomic E-state index is 0.162. The van der Waals surface area contributed by atoms with E-state index in [2.05, 4.69) is 10.4 Å². The Hall–Kier alpha value is -2.21. The van der Waals surface area contributed by atoms with E-state index < -0.39 is 5.54 Å². The van der Waals surface area contributed by atoms with Crippen LogP contribution in [0.15, 0.2) is 29.1 Å². The van der Waals surface area contributed by atoms with Gasteiger partial charge in [0.1, 0.15) is 0 Å². The second-order valence-electron chi connectivity index (χ2n) is 7.63. The molecule has 1 aliphatic rings. The molecule has 6 heteroatoms. The summed E-state index contributed by atoms with van der Waals surface area (Å²) in [5.41, 5.74) is 5.61. The molecule has 1 amide bonds. The van der Waals surface area contributed by atoms with Gasteiger partial charge in [0.25, 0.3) is 11.5 Å². The zero-order valence-electron chi connectivity index (χ0n) is 15.1. The summed E-state index contributed by atoms with van der Waals surface area (Å²) in [5.74, 6) is 0.394. The van der Waals surface area contributed by atoms with Crippen molar-refractivity contribution in [3.63, 3.8) is 0 Å². The van der Waals surface area contributed by atoms with E-state index in [-0.39, 0.29) is 23.1 Å². The van der Waals surface area contributed by atoms with Crippen LogP contribution >= 0.6 is 0 Å². The monoisotopic (exact) mass is 342 g/mol. The van der Waals surface area contributed by atoms with Crippen LogP contribution in [-0.2, 0) is 6.54 Å². The molecule has 1 saturated carbocycles. The SMILES string of the molecule is CC(C)Cn1nc(C(=O)NC(C)(CN)C2CC2)c2ccccc2c1=O. The van der Waals surface area contributed by atoms with Crippen molar-refractivity contribution in [3.8, 4) is 0 Å². The summed E-state index contributed by atoms with van der Waals surface area (Å²) in [6.07, 6.45) is 2.16. The molecular formula is C19H26N4O2. The van der Waals surface area contributed by atoms with Crippen molar-refractivity contribution >= 4 is 16.7 Å². The number of aromatic nitrogens is 2. The van der Waals surface area contributed by atoms with Crippen LogP contribution in [0, 0.1) is 11.8 Å². The maximum atomic E-state index is 13.0. The van der Waals surface area contributed by atoms with Gasteiger partial charge in [-0.25, -0.2) is 4.68 Å². The zero-order valence-corrected chi connectivity index (χ0v) is 15.1. The molecule has 134 valence electrons. The normalized spacial score (nSPS) is 16.8. The molecule has 1 fully saturated rings. The van der Waals surface area contributed by atoms with Gasteiger partial charge in [-0.2, -0.15) is 5.10 Å². The molecule has 1 aromatic carbocycles. The number of hydrogen-bond donors (Lipinski definition) is 2. The van der Waals surface area contributed by atoms with Gasteiger partial charge in [-0.1, -0.05) is 32.0 Å². The standard InChI is InChI=1S/C19H26N4O2/c1-12(2)10-23-18(25)15-7-5-4-6-14(15)16(22-23)17(24)21-19(3,11-20)13-8-9-13/h4-7,12-13H,8-11,20H2,1-3H3,(H,21,24). The average Bonchev–Trinajstić information content (AvgIpc) is 3.42. The van der Waals surface area contributed by atoms with Gasteiger partial charge in [-0.3, -0.25) is 9.59 Å². The Morgan fingerprint density at radius 2 is 2.00 bits per heavy atom. The van der Waals surface area contributed by atoms with Crippen LogP contribution in [0.25, 0.3) is 10.8 Å². The van der Waals surface area contributed by atoms with E-state index in [0.29, 0.717) is 29.8 Å². The molecule has 1 unspecified atom stereocenters. The largest absolute Gasteiger partial charge is 0.344 e. The van der Waals surface area contributed by atoms with Gasteiger partial charge in [0.05, 0.1) is 10.9 Å². The third-order valence-corrected chi connectivity index (χ3v) is 4.92. The number of carbonyl (C=O) groups excluding carboxylic acids is 1. The molecule has 0 bridgehead atoms. The highest BCUT2D eigenvalue weighted by atomic mass is 16.2. The fourth-order valence-corrected chi connectivity index (χ4v) is 3.23. The Morgan fingerprint density at radius 1 is 1.36 bits per heavy atom. The van der Waals surface area contributed by atoms with Crippen LogP contribution in [0.1, 0.15) is 44.1 Å². The predicted octanol–water partition coefficient (Wildman–Crippen LogP) is 1.91. The third kappa shape index (κ3) is 3.44. The number of nitrogens with one attached hydrogen (secondary N) is 1. The summed E-state index contributed by atoms with van der Waals surface area (Å²) in [6.45, 7) is 6.87. The van der Waals surface area contributed by atoms with Crippen LogP contribution in [0.5, 0.6) is 0 Å². The highest BCUT2D eigenvalue weighted by Crippen LogP contribution is 2.39. The summed E-state index contributed by atoms with van der Waals surface area (Å²) in [6, 6.07) is 7.14. The van der Waals surface area contributed by atoms with Crippen molar-refractivity contribution < 1.29 is 4.79 Å². The van der Waals surface area contributed by atoms with Crippen molar-refractivity contribution in [3.05, 3.63) is 40.3 Å². The number of carbonyl (C=O) groups is 1. The van der Waals surface area contributed by atoms with Gasteiger partial charge < -0.3 is 11.1 Å². The molecule has 0 spiro atoms. The second kappa shape index (κ2) is 6.59. The first-order valence-electron chi connectivity index (χ1n) is 8.88. The molecule has 0 aliphatic heterocycles. The topological polar surface area (TPSA) is 90.0 Å². The first kappa shape index (κ1) is 17.6. The van der Waals surface area contributed by atoms with Crippen molar-refractivity contribution in [2.75, 3.05) is 6.54 Å². The maximum Gasteiger partial charge on any atom is 0.274 e. The van der Waals surface area contributed by atoms with Crippen LogP contribution in [0.2, 0.25) is 0 Å². The number of nitrogens with zero attached hydrogens (tertiary/aromatic N) is 2. The Kier molecular flexibility index (Phi) is 4.64. The van der Waals surface area contributed by atoms with Gasteiger partial charge in [0.15, 0.2) is 5.69 Å². The molecule has 0 saturated heterocycles. The Bertz CT molecular complexity index is 854. The number of benzene rings is 1. The van der Waals surface area contributed by atoms with E-state index in [1.807, 2.05) is 26.8 Å². The Morgan fingerprint density at radius 3 is 2.56 bits per heavy atom. The molecular weight excluding hydrogens is 316 g/mol. The number of nitrogens with two attached hydrogens (primary N) is 1. The van der Waals surface area contributed by atoms with Crippen molar-refractivity contribution in [1.29, 1.82) is 0 Å². The lowest BCUT2D eigenvalue weighted by atomic mass is 9.95. The van der Waals surface area contributed by atoms with E-state index >= 15 is 0 Å². The molecule has 3 N–H and O–H groups in total. The lowest BCUT2D eigenvalue weighted by Crippen LogP contribution is -2.53. The Labute approximate surface area is 147 Å². The van der Waals surface area contributed by atoms with Crippen LogP contribution < -0.4 is 16.6 Å². The molecule has 1 atom stereocenters. The summed E-state index contributed by atoms with van der Waals surface area (Å²) < 4.78 is 1.40. The minimum Gasteiger partial charge on any atom is -0.344 e. The van der Waals surface area contributed by atoms with E-state index in [0.717, 1.165) is 12.8 Å². The van der Waals surface area contributed by atoms with Crippen molar-refractivity contribution in [2.45, 2.75) is 45.7 Å². The molecule has 25 heavy (non-hydrogen) atoms. The number of fused-ring (bicyclic) bond motifs is 1. The number of hydrogen-bond acceptors (Lipinski definition) is 4. The fourth-order valence-electron chi connectivity index (χ4n) is 3.23. The lowest BCUT2D eigenvalue weighted by molar-refractivity contribution is 0.0892. The predicted molar refractivity (Wildman–Crippen MR) is 98.5 cm³/mol. The van der Waals surface area contributed by atoms with Crippen LogP contribution in [0.3, 0.4) is 0 Å². The van der Waals surface area contributed by atoms with Gasteiger partial charge in [-0.05, 0) is 37.7 Å². The zero-order chi connectivity index (χ0) is 18.2. The number of amides is 1. The molecule has 3 rings (SSSR count). The maximum absolute atomic E-state index is 13.0. The molecule has 1 aliphatic carbocycles. The second-order valence-corrected chi connectivity index (χ2v) is 7.63. The van der Waals surface area contributed by atoms with Crippen molar-refractivity contribution in [2.24, 2.45) is 17.6 Å². The highest BCUT2D eigenvalue weighted by molar-refractivity contribution is 6.05. The molecule has 1 heterocycles. The number of rotatable bonds is 6. The quantitative estimate of drug-likeness (QED) is 0.839. The molecule has 2 aromatic rings. The molecule has 6 nitrogen and oxygen atoms in total. The molecule has 1 aromatic heterocycles. The van der Waals surface area contributed by atoms with Crippen LogP contribution in [0.4, 0.5) is 0 Å². The smallest absolute Gasteiger partial charge is 0.274 e. The third-order valence-electron chi connectivity index (χ3n) is 4.92. The van der Waals surface area contributed by atoms with E-state index in [4.69, 9.17) is 5.73 Å². The first-order chi connectivity index (χ1) is 11.9. The first-order valence-corrected chi connectivity index (χ1v) is 8.88. The Balaban J connectivity index is 2.06. The summed E-state index contributed by atoms with van der Waals surface area (Å²) in [4.78, 5) is 25.6. The van der Waals surface area contributed by atoms with Crippen LogP contribution in [-0.4, -0.2) is 27.8 Å². The van der Waals surface area contributed by atoms with E-state index in [9.17, 15) is 9.59 Å². The molecule has 0 radical (unpaired) electrons.